The fraction of sp³-hybridized carbons (Fsp3) is 0.857. The summed E-state index contributed by atoms with van der Waals surface area (Å²) in [6, 6.07) is 1.78. The van der Waals surface area contributed by atoms with Gasteiger partial charge in [-0.2, -0.15) is 5.26 Å². The number of halogens is 3. The molecule has 11 heavy (non-hydrogen) atoms. The second-order valence-corrected chi connectivity index (χ2v) is 4.51. The lowest BCUT2D eigenvalue weighted by Crippen LogP contribution is -2.16. The first-order chi connectivity index (χ1) is 5.02. The molecule has 0 N–H and O–H groups in total. The highest BCUT2D eigenvalue weighted by Gasteiger charge is 2.26. The van der Waals surface area contributed by atoms with Gasteiger partial charge in [0.2, 0.25) is 4.33 Å². The van der Waals surface area contributed by atoms with E-state index in [2.05, 4.69) is 0 Å². The lowest BCUT2D eigenvalue weighted by Gasteiger charge is -2.13. The summed E-state index contributed by atoms with van der Waals surface area (Å²) in [4.78, 5) is 0. The highest BCUT2D eigenvalue weighted by molar-refractivity contribution is 6.50. The van der Waals surface area contributed by atoms with Gasteiger partial charge in [0.15, 0.2) is 0 Å². The highest BCUT2D eigenvalue weighted by Crippen LogP contribution is 2.29. The molecule has 0 aromatic carbocycles. The van der Waals surface area contributed by atoms with Gasteiger partial charge >= 0.3 is 0 Å². The maximum Gasteiger partial charge on any atom is 0.204 e. The second kappa shape index (κ2) is 5.09. The summed E-state index contributed by atoms with van der Waals surface area (Å²) < 4.78 is -1.32. The summed E-state index contributed by atoms with van der Waals surface area (Å²) in [6.45, 7) is 2.02. The maximum absolute atomic E-state index is 8.44. The zero-order valence-corrected chi connectivity index (χ0v) is 8.55. The third kappa shape index (κ3) is 5.61. The Morgan fingerprint density at radius 3 is 2.45 bits per heavy atom. The first-order valence-corrected chi connectivity index (χ1v) is 4.64. The van der Waals surface area contributed by atoms with E-state index in [9.17, 15) is 0 Å². The molecule has 0 fully saturated rings. The van der Waals surface area contributed by atoms with Crippen LogP contribution in [0.3, 0.4) is 0 Å². The maximum atomic E-state index is 8.44. The molecule has 0 spiro atoms. The van der Waals surface area contributed by atoms with Crippen molar-refractivity contribution in [2.45, 2.75) is 35.9 Å². The van der Waals surface area contributed by atoms with Crippen LogP contribution in [0.2, 0.25) is 0 Å². The Kier molecular flexibility index (Phi) is 5.25. The molecular weight excluding hydrogens is 204 g/mol. The van der Waals surface area contributed by atoms with Gasteiger partial charge in [0.05, 0.1) is 0 Å². The molecule has 0 rings (SSSR count). The van der Waals surface area contributed by atoms with E-state index >= 15 is 0 Å². The van der Waals surface area contributed by atoms with Gasteiger partial charge in [-0.3, -0.25) is 0 Å². The van der Waals surface area contributed by atoms with E-state index in [1.807, 2.05) is 6.92 Å². The van der Waals surface area contributed by atoms with Crippen molar-refractivity contribution in [3.63, 3.8) is 0 Å². The predicted octanol–water partition coefficient (Wildman–Crippen LogP) is 3.48. The second-order valence-electron chi connectivity index (χ2n) is 2.41. The molecule has 0 bridgehead atoms. The number of nitrogens with zero attached hydrogens (tertiary/aromatic N) is 1. The molecule has 0 aromatic heterocycles. The van der Waals surface area contributed by atoms with Crippen LogP contribution in [0.4, 0.5) is 0 Å². The lowest BCUT2D eigenvalue weighted by atomic mass is 10.1. The molecule has 0 heterocycles. The summed E-state index contributed by atoms with van der Waals surface area (Å²) in [5.41, 5.74) is 0. The number of hydrogen-bond acceptors (Lipinski definition) is 1. The van der Waals surface area contributed by atoms with Crippen LogP contribution in [0.25, 0.3) is 0 Å². The molecule has 0 saturated heterocycles. The van der Waals surface area contributed by atoms with Crippen molar-refractivity contribution in [3.05, 3.63) is 0 Å². The van der Waals surface area contributed by atoms with Gasteiger partial charge < -0.3 is 0 Å². The molecule has 1 atom stereocenters. The van der Waals surface area contributed by atoms with E-state index in [1.54, 1.807) is 6.07 Å². The Morgan fingerprint density at radius 2 is 2.09 bits per heavy atom. The van der Waals surface area contributed by atoms with Crippen molar-refractivity contribution in [2.24, 2.45) is 0 Å². The third-order valence-electron chi connectivity index (χ3n) is 1.24. The minimum Gasteiger partial charge on any atom is -0.195 e. The van der Waals surface area contributed by atoms with Crippen LogP contribution in [0, 0.1) is 11.3 Å². The number of alkyl halides is 3. The molecule has 0 saturated carbocycles. The molecule has 1 nitrogen and oxygen atoms in total. The molecule has 64 valence electrons. The smallest absolute Gasteiger partial charge is 0.195 e. The van der Waals surface area contributed by atoms with Crippen molar-refractivity contribution in [2.75, 3.05) is 0 Å². The molecule has 0 aromatic rings. The monoisotopic (exact) mass is 213 g/mol. The van der Waals surface area contributed by atoms with E-state index in [4.69, 9.17) is 40.1 Å². The van der Waals surface area contributed by atoms with Crippen molar-refractivity contribution in [3.8, 4) is 6.07 Å². The zero-order valence-electron chi connectivity index (χ0n) is 6.28. The van der Waals surface area contributed by atoms with Gasteiger partial charge in [0.25, 0.3) is 0 Å². The van der Waals surface area contributed by atoms with E-state index in [1.165, 1.54) is 0 Å². The van der Waals surface area contributed by atoms with Gasteiger partial charge in [-0.15, -0.1) is 11.6 Å². The van der Waals surface area contributed by atoms with Crippen LogP contribution >= 0.6 is 34.8 Å². The first-order valence-electron chi connectivity index (χ1n) is 3.45. The molecule has 0 radical (unpaired) electrons. The average molecular weight is 215 g/mol. The number of nitriles is 1. The minimum atomic E-state index is -1.32. The van der Waals surface area contributed by atoms with Crippen LogP contribution < -0.4 is 0 Å². The van der Waals surface area contributed by atoms with E-state index < -0.39 is 4.33 Å². The van der Waals surface area contributed by atoms with Crippen molar-refractivity contribution in [1.82, 2.24) is 0 Å². The summed E-state index contributed by atoms with van der Waals surface area (Å²) in [7, 11) is 0. The summed E-state index contributed by atoms with van der Waals surface area (Å²) >= 11 is 17.0. The van der Waals surface area contributed by atoms with E-state index in [-0.39, 0.29) is 5.38 Å². The SMILES string of the molecule is CCCC(Cl)CC(Cl)(Cl)C#N. The van der Waals surface area contributed by atoms with Gasteiger partial charge in [-0.1, -0.05) is 36.5 Å². The largest absolute Gasteiger partial charge is 0.204 e. The van der Waals surface area contributed by atoms with Crippen molar-refractivity contribution >= 4 is 34.8 Å². The van der Waals surface area contributed by atoms with Gasteiger partial charge in [-0.05, 0) is 6.42 Å². The van der Waals surface area contributed by atoms with Crippen molar-refractivity contribution in [1.29, 1.82) is 5.26 Å². The van der Waals surface area contributed by atoms with Crippen LogP contribution in [-0.2, 0) is 0 Å². The first kappa shape index (κ1) is 11.4. The fourth-order valence-electron chi connectivity index (χ4n) is 0.739. The Morgan fingerprint density at radius 1 is 1.55 bits per heavy atom. The molecular formula is C7H10Cl3N. The van der Waals surface area contributed by atoms with Crippen LogP contribution in [0.15, 0.2) is 0 Å². The highest BCUT2D eigenvalue weighted by atomic mass is 35.5. The average Bonchev–Trinajstić information content (AvgIpc) is 1.87. The minimum absolute atomic E-state index is 0.102. The molecule has 1 unspecified atom stereocenters. The quantitative estimate of drug-likeness (QED) is 0.657. The van der Waals surface area contributed by atoms with Gasteiger partial charge in [-0.25, -0.2) is 0 Å². The molecule has 0 aliphatic carbocycles. The Labute approximate surface area is 82.2 Å². The topological polar surface area (TPSA) is 23.8 Å². The van der Waals surface area contributed by atoms with E-state index in [0.29, 0.717) is 6.42 Å². The molecule has 0 aliphatic heterocycles. The van der Waals surface area contributed by atoms with Crippen LogP contribution in [-0.4, -0.2) is 9.71 Å². The Bertz CT molecular complexity index is 150. The zero-order chi connectivity index (χ0) is 8.91. The summed E-state index contributed by atoms with van der Waals surface area (Å²) in [5, 5.41) is 8.34. The third-order valence-corrected chi connectivity index (χ3v) is 2.09. The predicted molar refractivity (Wildman–Crippen MR) is 49.2 cm³/mol. The van der Waals surface area contributed by atoms with Crippen LogP contribution in [0.1, 0.15) is 26.2 Å². The van der Waals surface area contributed by atoms with Crippen LogP contribution in [0.5, 0.6) is 0 Å². The summed E-state index contributed by atoms with van der Waals surface area (Å²) in [6.07, 6.45) is 2.13. The Hall–Kier alpha value is 0.360. The molecule has 4 heteroatoms. The van der Waals surface area contributed by atoms with E-state index in [0.717, 1.165) is 12.8 Å². The summed E-state index contributed by atoms with van der Waals surface area (Å²) in [5.74, 6) is 0. The van der Waals surface area contributed by atoms with Crippen molar-refractivity contribution < 1.29 is 0 Å². The standard InChI is InChI=1S/C7H10Cl3N/c1-2-3-6(8)4-7(9,10)5-11/h6H,2-4H2,1H3. The number of rotatable bonds is 4. The van der Waals surface area contributed by atoms with Gasteiger partial charge in [0, 0.05) is 11.8 Å². The Balaban J connectivity index is 3.76. The fourth-order valence-corrected chi connectivity index (χ4v) is 1.72. The molecule has 0 amide bonds. The molecule has 0 aliphatic rings. The number of hydrogen-bond donors (Lipinski definition) is 0. The lowest BCUT2D eigenvalue weighted by molar-refractivity contribution is 0.670. The normalized spacial score (nSPS) is 14.1. The van der Waals surface area contributed by atoms with Gasteiger partial charge in [0.1, 0.15) is 6.07 Å².